The minimum atomic E-state index is 0.0308. The zero-order chi connectivity index (χ0) is 13.7. The van der Waals surface area contributed by atoms with Crippen LogP contribution in [0.1, 0.15) is 0 Å². The predicted octanol–water partition coefficient (Wildman–Crippen LogP) is 1.10. The summed E-state index contributed by atoms with van der Waals surface area (Å²) in [5.41, 5.74) is 7.74. The standard InChI is InChI=1S/C12H12N6O/c1-19-11-3-2-8(17-12(14)15-7-13)6-9(11)10-4-5-16-18-10/h2-6H,1H3,(H,16,18)(H3,14,15,17). The predicted molar refractivity (Wildman–Crippen MR) is 70.6 cm³/mol. The van der Waals surface area contributed by atoms with Gasteiger partial charge >= 0.3 is 0 Å². The number of benzene rings is 1. The number of nitrogens with two attached hydrogens (primary N) is 1. The van der Waals surface area contributed by atoms with E-state index in [4.69, 9.17) is 15.7 Å². The Kier molecular flexibility index (Phi) is 3.64. The highest BCUT2D eigenvalue weighted by Gasteiger charge is 2.08. The van der Waals surface area contributed by atoms with E-state index in [1.165, 1.54) is 0 Å². The maximum absolute atomic E-state index is 8.45. The lowest BCUT2D eigenvalue weighted by molar-refractivity contribution is 0.416. The van der Waals surface area contributed by atoms with Crippen LogP contribution in [0, 0.1) is 11.5 Å². The zero-order valence-corrected chi connectivity index (χ0v) is 10.2. The molecule has 0 saturated heterocycles. The summed E-state index contributed by atoms with van der Waals surface area (Å²) >= 11 is 0. The Morgan fingerprint density at radius 2 is 2.37 bits per heavy atom. The molecule has 0 amide bonds. The Bertz CT molecular complexity index is 626. The molecule has 0 spiro atoms. The quantitative estimate of drug-likeness (QED) is 0.329. The molecule has 7 heteroatoms. The van der Waals surface area contributed by atoms with E-state index in [0.29, 0.717) is 11.4 Å². The maximum atomic E-state index is 8.45. The van der Waals surface area contributed by atoms with Crippen molar-refractivity contribution in [1.82, 2.24) is 15.5 Å². The normalized spacial score (nSPS) is 10.8. The molecule has 0 bridgehead atoms. The molecule has 4 N–H and O–H groups in total. The van der Waals surface area contributed by atoms with Crippen molar-refractivity contribution in [3.8, 4) is 23.2 Å². The fourth-order valence-electron chi connectivity index (χ4n) is 1.61. The van der Waals surface area contributed by atoms with Gasteiger partial charge in [0.15, 0.2) is 6.19 Å². The van der Waals surface area contributed by atoms with Gasteiger partial charge in [0.1, 0.15) is 5.75 Å². The molecule has 7 nitrogen and oxygen atoms in total. The first-order valence-corrected chi connectivity index (χ1v) is 5.41. The van der Waals surface area contributed by atoms with E-state index >= 15 is 0 Å². The van der Waals surface area contributed by atoms with Gasteiger partial charge in [-0.2, -0.15) is 10.4 Å². The molecule has 0 atom stereocenters. The first-order chi connectivity index (χ1) is 9.24. The topological polar surface area (TPSA) is 112 Å². The molecule has 2 aromatic rings. The van der Waals surface area contributed by atoms with Gasteiger partial charge in [-0.3, -0.25) is 10.4 Å². The van der Waals surface area contributed by atoms with E-state index in [1.807, 2.05) is 6.07 Å². The lowest BCUT2D eigenvalue weighted by Gasteiger charge is -2.07. The Labute approximate surface area is 109 Å². The smallest absolute Gasteiger partial charge is 0.207 e. The number of guanidine groups is 1. The van der Waals surface area contributed by atoms with Gasteiger partial charge in [-0.1, -0.05) is 0 Å². The molecule has 0 fully saturated rings. The van der Waals surface area contributed by atoms with E-state index in [9.17, 15) is 0 Å². The molecule has 1 aromatic heterocycles. The average Bonchev–Trinajstić information content (AvgIpc) is 2.92. The number of nitrogens with zero attached hydrogens (tertiary/aromatic N) is 3. The van der Waals surface area contributed by atoms with E-state index in [1.54, 1.807) is 37.7 Å². The summed E-state index contributed by atoms with van der Waals surface area (Å²) in [6.07, 6.45) is 3.35. The number of hydrogen-bond donors (Lipinski definition) is 3. The van der Waals surface area contributed by atoms with Crippen molar-refractivity contribution in [3.63, 3.8) is 0 Å². The third-order valence-electron chi connectivity index (χ3n) is 2.41. The summed E-state index contributed by atoms with van der Waals surface area (Å²) in [7, 11) is 1.59. The molecule has 19 heavy (non-hydrogen) atoms. The number of rotatable bonds is 3. The van der Waals surface area contributed by atoms with Crippen LogP contribution in [-0.4, -0.2) is 23.3 Å². The number of methoxy groups -OCH3 is 1. The molecule has 1 aromatic carbocycles. The van der Waals surface area contributed by atoms with Crippen LogP contribution in [0.3, 0.4) is 0 Å². The lowest BCUT2D eigenvalue weighted by Crippen LogP contribution is -2.26. The molecular formula is C12H12N6O. The highest BCUT2D eigenvalue weighted by atomic mass is 16.5. The van der Waals surface area contributed by atoms with Crippen LogP contribution in [-0.2, 0) is 0 Å². The molecule has 0 saturated carbocycles. The zero-order valence-electron chi connectivity index (χ0n) is 10.2. The molecule has 0 aliphatic heterocycles. The molecule has 96 valence electrons. The molecule has 1 heterocycles. The Morgan fingerprint density at radius 1 is 1.53 bits per heavy atom. The van der Waals surface area contributed by atoms with Crippen LogP contribution in [0.4, 0.5) is 5.69 Å². The van der Waals surface area contributed by atoms with Crippen LogP contribution in [0.2, 0.25) is 0 Å². The highest BCUT2D eigenvalue weighted by molar-refractivity contribution is 5.83. The lowest BCUT2D eigenvalue weighted by atomic mass is 10.1. The van der Waals surface area contributed by atoms with Gasteiger partial charge in [0, 0.05) is 11.8 Å². The van der Waals surface area contributed by atoms with Gasteiger partial charge in [0.05, 0.1) is 18.5 Å². The Hall–Kier alpha value is -3.01. The van der Waals surface area contributed by atoms with Crippen molar-refractivity contribution in [2.24, 2.45) is 10.7 Å². The third kappa shape index (κ3) is 2.81. The molecule has 0 aliphatic rings. The number of hydrogen-bond acceptors (Lipinski definition) is 4. The van der Waals surface area contributed by atoms with Crippen LogP contribution < -0.4 is 15.8 Å². The number of aromatic nitrogens is 2. The molecule has 2 rings (SSSR count). The van der Waals surface area contributed by atoms with Gasteiger partial charge in [0.25, 0.3) is 0 Å². The summed E-state index contributed by atoms with van der Waals surface area (Å²) in [6.45, 7) is 0. The van der Waals surface area contributed by atoms with E-state index in [2.05, 4.69) is 20.5 Å². The van der Waals surface area contributed by atoms with Crippen LogP contribution in [0.15, 0.2) is 35.5 Å². The Morgan fingerprint density at radius 3 is 3.00 bits per heavy atom. The first kappa shape index (κ1) is 12.4. The van der Waals surface area contributed by atoms with Gasteiger partial charge in [-0.15, -0.1) is 0 Å². The van der Waals surface area contributed by atoms with E-state index < -0.39 is 0 Å². The van der Waals surface area contributed by atoms with Crippen LogP contribution >= 0.6 is 0 Å². The summed E-state index contributed by atoms with van der Waals surface area (Å²) in [5.74, 6) is 0.721. The molecule has 0 aliphatic carbocycles. The second kappa shape index (κ2) is 5.55. The van der Waals surface area contributed by atoms with Crippen molar-refractivity contribution < 1.29 is 4.74 Å². The second-order valence-corrected chi connectivity index (χ2v) is 3.59. The molecular weight excluding hydrogens is 244 g/mol. The van der Waals surface area contributed by atoms with Gasteiger partial charge in [0.2, 0.25) is 5.96 Å². The summed E-state index contributed by atoms with van der Waals surface area (Å²) in [5, 5.41) is 17.5. The number of H-pyrrole nitrogens is 1. The fraction of sp³-hybridized carbons (Fsp3) is 0.0833. The summed E-state index contributed by atoms with van der Waals surface area (Å²) < 4.78 is 5.28. The van der Waals surface area contributed by atoms with Crippen molar-refractivity contribution in [3.05, 3.63) is 30.5 Å². The molecule has 0 radical (unpaired) electrons. The largest absolute Gasteiger partial charge is 0.496 e. The number of aromatic amines is 1. The van der Waals surface area contributed by atoms with Gasteiger partial charge < -0.3 is 10.5 Å². The fourth-order valence-corrected chi connectivity index (χ4v) is 1.61. The van der Waals surface area contributed by atoms with Crippen molar-refractivity contribution in [2.45, 2.75) is 0 Å². The minimum Gasteiger partial charge on any atom is -0.496 e. The van der Waals surface area contributed by atoms with Crippen LogP contribution in [0.5, 0.6) is 5.75 Å². The monoisotopic (exact) mass is 256 g/mol. The number of nitriles is 1. The Balaban J connectivity index is 2.42. The number of ether oxygens (including phenoxy) is 1. The first-order valence-electron chi connectivity index (χ1n) is 5.41. The average molecular weight is 256 g/mol. The molecule has 0 unspecified atom stereocenters. The number of aliphatic imine (C=N–C) groups is 1. The SMILES string of the molecule is COc1ccc(N=C(N)NC#N)cc1-c1ccn[nH]1. The minimum absolute atomic E-state index is 0.0308. The third-order valence-corrected chi connectivity index (χ3v) is 2.41. The van der Waals surface area contributed by atoms with E-state index in [-0.39, 0.29) is 5.96 Å². The highest BCUT2D eigenvalue weighted by Crippen LogP contribution is 2.32. The second-order valence-electron chi connectivity index (χ2n) is 3.59. The maximum Gasteiger partial charge on any atom is 0.207 e. The van der Waals surface area contributed by atoms with Crippen molar-refractivity contribution in [1.29, 1.82) is 5.26 Å². The summed E-state index contributed by atoms with van der Waals surface area (Å²) in [4.78, 5) is 4.07. The van der Waals surface area contributed by atoms with Crippen LogP contribution in [0.25, 0.3) is 11.3 Å². The van der Waals surface area contributed by atoms with Crippen molar-refractivity contribution >= 4 is 11.6 Å². The summed E-state index contributed by atoms with van der Waals surface area (Å²) in [6, 6.07) is 7.12. The van der Waals surface area contributed by atoms with Gasteiger partial charge in [-0.05, 0) is 24.3 Å². The number of nitrogens with one attached hydrogen (secondary N) is 2. The van der Waals surface area contributed by atoms with E-state index in [0.717, 1.165) is 11.3 Å². The van der Waals surface area contributed by atoms with Crippen molar-refractivity contribution in [2.75, 3.05) is 7.11 Å². The van der Waals surface area contributed by atoms with Gasteiger partial charge in [-0.25, -0.2) is 4.99 Å².